The van der Waals surface area contributed by atoms with Crippen molar-refractivity contribution in [1.29, 1.82) is 0 Å². The first-order chi connectivity index (χ1) is 19.4. The molecule has 2 N–H and O–H groups in total. The van der Waals surface area contributed by atoms with Gasteiger partial charge in [-0.3, -0.25) is 4.90 Å². The number of ether oxygens (including phenoxy) is 3. The quantitative estimate of drug-likeness (QED) is 0.371. The summed E-state index contributed by atoms with van der Waals surface area (Å²) in [4.78, 5) is 15.2. The number of aliphatic hydroxyl groups excluding tert-OH is 1. The van der Waals surface area contributed by atoms with E-state index in [0.29, 0.717) is 17.6 Å². The Morgan fingerprint density at radius 3 is 2.67 bits per heavy atom. The molecule has 4 fully saturated rings. The molecule has 7 aliphatic rings. The molecule has 0 bridgehead atoms. The van der Waals surface area contributed by atoms with Crippen LogP contribution in [0.15, 0.2) is 46.8 Å². The standard InChI is InChI=1S/C33H45NO6/c1-19-28-25-11-6-12-27-33(37,22-10-5-9-21(17-22)20-7-3-4-8-20)16-15-23(34(25)27)13-14-26(28)39-29(19)31-30(38-2)24(18-35)32(36)40-31/h5,10,14,19-23,25,27-28,35,37H,3-4,6-9,11-13,15-18H2,1-2H3. The van der Waals surface area contributed by atoms with Gasteiger partial charge in [-0.15, -0.1) is 0 Å². The van der Waals surface area contributed by atoms with Crippen molar-refractivity contribution in [2.45, 2.75) is 108 Å². The Morgan fingerprint density at radius 2 is 1.90 bits per heavy atom. The van der Waals surface area contributed by atoms with E-state index in [1.54, 1.807) is 0 Å². The maximum atomic E-state index is 12.6. The number of fused-ring (bicyclic) bond motifs is 2. The Labute approximate surface area is 237 Å². The van der Waals surface area contributed by atoms with Crippen molar-refractivity contribution in [3.8, 4) is 0 Å². The van der Waals surface area contributed by atoms with Crippen LogP contribution in [0.2, 0.25) is 0 Å². The van der Waals surface area contributed by atoms with Gasteiger partial charge in [0.05, 0.1) is 19.3 Å². The van der Waals surface area contributed by atoms with Crippen LogP contribution in [0, 0.1) is 29.6 Å². The lowest BCUT2D eigenvalue weighted by Crippen LogP contribution is -2.68. The number of hydrogen-bond donors (Lipinski definition) is 2. The molecule has 218 valence electrons. The number of aliphatic hydroxyl groups is 2. The Balaban J connectivity index is 1.19. The molecule has 0 amide bonds. The number of rotatable bonds is 4. The molecular formula is C33H45NO6. The molecule has 8 unspecified atom stereocenters. The maximum absolute atomic E-state index is 12.6. The summed E-state index contributed by atoms with van der Waals surface area (Å²) < 4.78 is 17.6. The van der Waals surface area contributed by atoms with Crippen molar-refractivity contribution in [3.05, 3.63) is 46.8 Å². The maximum Gasteiger partial charge on any atom is 0.345 e. The fraction of sp³-hybridized carbons (Fsp3) is 0.727. The van der Waals surface area contributed by atoms with Gasteiger partial charge in [-0.25, -0.2) is 4.79 Å². The Kier molecular flexibility index (Phi) is 6.91. The van der Waals surface area contributed by atoms with E-state index in [9.17, 15) is 15.0 Å². The van der Waals surface area contributed by atoms with E-state index in [-0.39, 0.29) is 41.2 Å². The number of esters is 1. The average molecular weight is 552 g/mol. The van der Waals surface area contributed by atoms with E-state index < -0.39 is 18.2 Å². The smallest absolute Gasteiger partial charge is 0.345 e. The van der Waals surface area contributed by atoms with Crippen LogP contribution in [-0.4, -0.2) is 58.5 Å². The average Bonchev–Trinajstić information content (AvgIpc) is 3.67. The van der Waals surface area contributed by atoms with Crippen LogP contribution in [0.3, 0.4) is 0 Å². The Bertz CT molecular complexity index is 1160. The zero-order chi connectivity index (χ0) is 27.6. The third-order valence-corrected chi connectivity index (χ3v) is 11.7. The summed E-state index contributed by atoms with van der Waals surface area (Å²) in [7, 11) is 1.49. The largest absolute Gasteiger partial charge is 0.492 e. The topological polar surface area (TPSA) is 88.5 Å². The predicted molar refractivity (Wildman–Crippen MR) is 149 cm³/mol. The molecule has 3 saturated heterocycles. The molecule has 5 aliphatic heterocycles. The van der Waals surface area contributed by atoms with Crippen LogP contribution in [0.5, 0.6) is 0 Å². The van der Waals surface area contributed by atoms with E-state index >= 15 is 0 Å². The van der Waals surface area contributed by atoms with Crippen LogP contribution in [0.25, 0.3) is 0 Å². The molecule has 0 aromatic carbocycles. The van der Waals surface area contributed by atoms with Crippen LogP contribution in [0.4, 0.5) is 0 Å². The summed E-state index contributed by atoms with van der Waals surface area (Å²) >= 11 is 0. The number of carbonyl (C=O) groups excluding carboxylic acids is 1. The molecule has 2 aliphatic carbocycles. The fourth-order valence-electron chi connectivity index (χ4n) is 9.78. The van der Waals surface area contributed by atoms with Crippen LogP contribution >= 0.6 is 0 Å². The van der Waals surface area contributed by atoms with Crippen molar-refractivity contribution in [1.82, 2.24) is 4.90 Å². The van der Waals surface area contributed by atoms with E-state index in [1.165, 1.54) is 39.2 Å². The lowest BCUT2D eigenvalue weighted by molar-refractivity contribution is -0.161. The summed E-state index contributed by atoms with van der Waals surface area (Å²) in [6.45, 7) is 1.72. The number of methoxy groups -OCH3 is 1. The summed E-state index contributed by atoms with van der Waals surface area (Å²) in [5.74, 6) is 3.48. The number of carbonyl (C=O) groups is 1. The molecule has 0 radical (unpaired) electrons. The second-order valence-corrected chi connectivity index (χ2v) is 13.5. The molecule has 0 aromatic rings. The molecule has 0 aromatic heterocycles. The minimum absolute atomic E-state index is 0.0175. The normalized spacial score (nSPS) is 43.6. The van der Waals surface area contributed by atoms with Gasteiger partial charge in [0.2, 0.25) is 5.76 Å². The zero-order valence-electron chi connectivity index (χ0n) is 24.0. The highest BCUT2D eigenvalue weighted by atomic mass is 16.6. The fourth-order valence-corrected chi connectivity index (χ4v) is 9.78. The first kappa shape index (κ1) is 26.8. The van der Waals surface area contributed by atoms with E-state index in [4.69, 9.17) is 14.2 Å². The molecule has 8 atom stereocenters. The molecule has 40 heavy (non-hydrogen) atoms. The van der Waals surface area contributed by atoms with Gasteiger partial charge in [0, 0.05) is 35.9 Å². The first-order valence-electron chi connectivity index (χ1n) is 15.8. The van der Waals surface area contributed by atoms with Crippen molar-refractivity contribution in [3.63, 3.8) is 0 Å². The van der Waals surface area contributed by atoms with Crippen LogP contribution in [0.1, 0.15) is 84.0 Å². The zero-order valence-corrected chi connectivity index (χ0v) is 24.0. The lowest BCUT2D eigenvalue weighted by Gasteiger charge is -2.59. The highest BCUT2D eigenvalue weighted by Gasteiger charge is 2.58. The summed E-state index contributed by atoms with van der Waals surface area (Å²) in [6.07, 6.45) is 20.8. The molecule has 1 saturated carbocycles. The predicted octanol–water partition coefficient (Wildman–Crippen LogP) is 5.11. The van der Waals surface area contributed by atoms with Crippen LogP contribution in [-0.2, 0) is 19.0 Å². The first-order valence-corrected chi connectivity index (χ1v) is 15.8. The minimum Gasteiger partial charge on any atom is -0.492 e. The highest BCUT2D eigenvalue weighted by molar-refractivity contribution is 5.94. The number of cyclic esters (lactones) is 1. The molecule has 0 spiro atoms. The van der Waals surface area contributed by atoms with Crippen molar-refractivity contribution in [2.24, 2.45) is 29.6 Å². The molecule has 5 heterocycles. The van der Waals surface area contributed by atoms with Crippen LogP contribution < -0.4 is 0 Å². The van der Waals surface area contributed by atoms with Gasteiger partial charge in [0.25, 0.3) is 0 Å². The molecule has 7 heteroatoms. The van der Waals surface area contributed by atoms with Crippen molar-refractivity contribution < 1.29 is 29.2 Å². The van der Waals surface area contributed by atoms with Gasteiger partial charge in [-0.05, 0) is 62.9 Å². The summed E-state index contributed by atoms with van der Waals surface area (Å²) in [6, 6.07) is 0.830. The third kappa shape index (κ3) is 4.05. The summed E-state index contributed by atoms with van der Waals surface area (Å²) in [5, 5.41) is 22.4. The minimum atomic E-state index is -0.694. The SMILES string of the molecule is COC1=C(CO)C(=O)OC1=C1OC2=CCC3CCC(O)(C4C=CCC(C5CCCC5)C4)C4CCCC(C2C1C)N34. The number of allylic oxidation sites excluding steroid dienone is 2. The summed E-state index contributed by atoms with van der Waals surface area (Å²) in [5.41, 5.74) is -0.558. The van der Waals surface area contributed by atoms with E-state index in [1.807, 2.05) is 0 Å². The Morgan fingerprint density at radius 1 is 1.07 bits per heavy atom. The number of hydrogen-bond acceptors (Lipinski definition) is 7. The van der Waals surface area contributed by atoms with Gasteiger partial charge in [-0.2, -0.15) is 0 Å². The van der Waals surface area contributed by atoms with E-state index in [0.717, 1.165) is 62.5 Å². The second-order valence-electron chi connectivity index (χ2n) is 13.5. The number of piperidine rings is 2. The van der Waals surface area contributed by atoms with Gasteiger partial charge < -0.3 is 24.4 Å². The number of nitrogens with zero attached hydrogens (tertiary/aromatic N) is 1. The van der Waals surface area contributed by atoms with Gasteiger partial charge >= 0.3 is 5.97 Å². The van der Waals surface area contributed by atoms with Crippen molar-refractivity contribution in [2.75, 3.05) is 13.7 Å². The second kappa shape index (κ2) is 10.3. The van der Waals surface area contributed by atoms with Crippen molar-refractivity contribution >= 4 is 5.97 Å². The van der Waals surface area contributed by atoms with Gasteiger partial charge in [-0.1, -0.05) is 51.2 Å². The van der Waals surface area contributed by atoms with E-state index in [2.05, 4.69) is 30.1 Å². The van der Waals surface area contributed by atoms with Gasteiger partial charge in [0.15, 0.2) is 11.5 Å². The Hall–Kier alpha value is -2.09. The molecule has 7 rings (SSSR count). The van der Waals surface area contributed by atoms with Gasteiger partial charge in [0.1, 0.15) is 11.3 Å². The monoisotopic (exact) mass is 551 g/mol. The molecule has 7 nitrogen and oxygen atoms in total. The highest BCUT2D eigenvalue weighted by Crippen LogP contribution is 2.55. The molecular weight excluding hydrogens is 506 g/mol. The lowest BCUT2D eigenvalue weighted by atomic mass is 9.63. The third-order valence-electron chi connectivity index (χ3n) is 11.7.